The Morgan fingerprint density at radius 3 is 2.12 bits per heavy atom. The number of anilines is 3. The summed E-state index contributed by atoms with van der Waals surface area (Å²) in [5, 5.41) is 9.01. The fourth-order valence-corrected chi connectivity index (χ4v) is 2.78. The minimum atomic E-state index is -0.127. The second-order valence-corrected chi connectivity index (χ2v) is 6.24. The second kappa shape index (κ2) is 9.04. The van der Waals surface area contributed by atoms with Crippen molar-refractivity contribution in [3.63, 3.8) is 0 Å². The van der Waals surface area contributed by atoms with Crippen LogP contribution in [0.3, 0.4) is 0 Å². The van der Waals surface area contributed by atoms with E-state index >= 15 is 0 Å². The molecule has 2 aromatic rings. The zero-order valence-corrected chi connectivity index (χ0v) is 15.9. The van der Waals surface area contributed by atoms with Crippen LogP contribution in [0.25, 0.3) is 0 Å². The Hall–Kier alpha value is -2.82. The molecule has 0 unspecified atom stereocenters. The molecule has 2 rings (SSSR count). The van der Waals surface area contributed by atoms with Crippen LogP contribution < -0.4 is 16.0 Å². The van der Waals surface area contributed by atoms with E-state index < -0.39 is 0 Å². The van der Waals surface area contributed by atoms with E-state index in [1.807, 2.05) is 44.2 Å². The molecule has 5 nitrogen and oxygen atoms in total. The Balaban J connectivity index is 2.05. The first kappa shape index (κ1) is 19.5. The molecule has 0 saturated carbocycles. The fraction of sp³-hybridized carbons (Fsp3) is 0.333. The molecule has 5 heteroatoms. The number of para-hydroxylation sites is 1. The lowest BCUT2D eigenvalue weighted by Crippen LogP contribution is -2.23. The van der Waals surface area contributed by atoms with Gasteiger partial charge in [0.05, 0.1) is 6.54 Å². The fourth-order valence-electron chi connectivity index (χ4n) is 2.78. The smallest absolute Gasteiger partial charge is 0.243 e. The third-order valence-electron chi connectivity index (χ3n) is 4.37. The second-order valence-electron chi connectivity index (χ2n) is 6.24. The van der Waals surface area contributed by atoms with Gasteiger partial charge in [-0.1, -0.05) is 38.1 Å². The van der Waals surface area contributed by atoms with Crippen LogP contribution in [0.2, 0.25) is 0 Å². The van der Waals surface area contributed by atoms with Crippen molar-refractivity contribution >= 4 is 28.9 Å². The number of carbonyl (C=O) groups excluding carboxylic acids is 2. The maximum absolute atomic E-state index is 12.4. The summed E-state index contributed by atoms with van der Waals surface area (Å²) in [4.78, 5) is 24.0. The monoisotopic (exact) mass is 353 g/mol. The van der Waals surface area contributed by atoms with Crippen LogP contribution in [-0.2, 0) is 16.0 Å². The number of rotatable bonds is 7. The van der Waals surface area contributed by atoms with E-state index in [2.05, 4.69) is 28.9 Å². The van der Waals surface area contributed by atoms with Crippen molar-refractivity contribution in [3.05, 3.63) is 53.1 Å². The van der Waals surface area contributed by atoms with Gasteiger partial charge < -0.3 is 16.0 Å². The van der Waals surface area contributed by atoms with Gasteiger partial charge in [-0.3, -0.25) is 9.59 Å². The molecule has 0 aliphatic rings. The van der Waals surface area contributed by atoms with Crippen molar-refractivity contribution in [2.24, 2.45) is 0 Å². The van der Waals surface area contributed by atoms with Crippen LogP contribution in [0.5, 0.6) is 0 Å². The lowest BCUT2D eigenvalue weighted by molar-refractivity contribution is -0.116. The molecule has 138 valence electrons. The van der Waals surface area contributed by atoms with Gasteiger partial charge in [0.2, 0.25) is 11.8 Å². The Morgan fingerprint density at radius 2 is 1.50 bits per heavy atom. The molecule has 0 bridgehead atoms. The molecule has 26 heavy (non-hydrogen) atoms. The molecule has 2 aromatic carbocycles. The van der Waals surface area contributed by atoms with Gasteiger partial charge >= 0.3 is 0 Å². The first-order valence-corrected chi connectivity index (χ1v) is 8.97. The van der Waals surface area contributed by atoms with Crippen LogP contribution in [0.15, 0.2) is 36.4 Å². The maximum Gasteiger partial charge on any atom is 0.243 e. The third-order valence-corrected chi connectivity index (χ3v) is 4.37. The Morgan fingerprint density at radius 1 is 0.885 bits per heavy atom. The Bertz CT molecular complexity index is 800. The molecule has 0 spiro atoms. The molecule has 0 aromatic heterocycles. The molecule has 0 saturated heterocycles. The molecule has 0 heterocycles. The molecule has 3 N–H and O–H groups in total. The Kier molecular flexibility index (Phi) is 6.78. The molecule has 0 fully saturated rings. The molecule has 0 radical (unpaired) electrons. The van der Waals surface area contributed by atoms with Crippen LogP contribution in [0.1, 0.15) is 37.0 Å². The first-order chi connectivity index (χ1) is 12.5. The molecular weight excluding hydrogens is 326 g/mol. The maximum atomic E-state index is 12.4. The predicted octanol–water partition coefficient (Wildman–Crippen LogP) is 4.26. The van der Waals surface area contributed by atoms with E-state index in [0.717, 1.165) is 28.9 Å². The van der Waals surface area contributed by atoms with Crippen LogP contribution in [0, 0.1) is 13.8 Å². The number of hydrogen-bond donors (Lipinski definition) is 3. The van der Waals surface area contributed by atoms with E-state index in [4.69, 9.17) is 0 Å². The Labute approximate surface area is 155 Å². The average Bonchev–Trinajstić information content (AvgIpc) is 2.63. The van der Waals surface area contributed by atoms with Gasteiger partial charge in [0.1, 0.15) is 0 Å². The van der Waals surface area contributed by atoms with Gasteiger partial charge in [-0.15, -0.1) is 0 Å². The summed E-state index contributed by atoms with van der Waals surface area (Å²) in [7, 11) is 0. The SMILES string of the molecule is CCC(=O)Nc1cccc(NC(=O)CNc2c(C)cccc2CC)c1C. The molecule has 0 atom stereocenters. The highest BCUT2D eigenvalue weighted by molar-refractivity contribution is 5.97. The number of nitrogens with one attached hydrogen (secondary N) is 3. The number of carbonyl (C=O) groups is 2. The largest absolute Gasteiger partial charge is 0.376 e. The highest BCUT2D eigenvalue weighted by atomic mass is 16.2. The molecule has 0 aliphatic heterocycles. The highest BCUT2D eigenvalue weighted by Crippen LogP contribution is 2.24. The molecular formula is C21H27N3O2. The van der Waals surface area contributed by atoms with E-state index in [9.17, 15) is 9.59 Å². The van der Waals surface area contributed by atoms with Crippen LogP contribution >= 0.6 is 0 Å². The van der Waals surface area contributed by atoms with Gasteiger partial charge in [0.15, 0.2) is 0 Å². The molecule has 2 amide bonds. The minimum Gasteiger partial charge on any atom is -0.376 e. The summed E-state index contributed by atoms with van der Waals surface area (Å²) in [6.07, 6.45) is 1.32. The summed E-state index contributed by atoms with van der Waals surface area (Å²) in [6, 6.07) is 11.6. The summed E-state index contributed by atoms with van der Waals surface area (Å²) in [5.41, 5.74) is 5.59. The predicted molar refractivity (Wildman–Crippen MR) is 108 cm³/mol. The third kappa shape index (κ3) is 4.85. The number of amides is 2. The van der Waals surface area contributed by atoms with Gasteiger partial charge in [0, 0.05) is 23.5 Å². The quantitative estimate of drug-likeness (QED) is 0.696. The van der Waals surface area contributed by atoms with Crippen molar-refractivity contribution in [1.82, 2.24) is 0 Å². The summed E-state index contributed by atoms with van der Waals surface area (Å²) in [6.45, 7) is 7.99. The van der Waals surface area contributed by atoms with Crippen molar-refractivity contribution in [3.8, 4) is 0 Å². The van der Waals surface area contributed by atoms with E-state index in [0.29, 0.717) is 12.1 Å². The van der Waals surface area contributed by atoms with Gasteiger partial charge in [0.25, 0.3) is 0 Å². The molecule has 0 aliphatic carbocycles. The van der Waals surface area contributed by atoms with Gasteiger partial charge in [-0.2, -0.15) is 0 Å². The van der Waals surface area contributed by atoms with Crippen molar-refractivity contribution in [1.29, 1.82) is 0 Å². The lowest BCUT2D eigenvalue weighted by atomic mass is 10.1. The number of benzene rings is 2. The van der Waals surface area contributed by atoms with Crippen LogP contribution in [0.4, 0.5) is 17.1 Å². The van der Waals surface area contributed by atoms with Crippen molar-refractivity contribution in [2.75, 3.05) is 22.5 Å². The summed E-state index contributed by atoms with van der Waals surface area (Å²) in [5.74, 6) is -0.178. The standard InChI is InChI=1S/C21H27N3O2/c1-5-16-10-7-9-14(3)21(16)22-13-20(26)24-18-12-8-11-17(15(18)4)23-19(25)6-2/h7-12,22H,5-6,13H2,1-4H3,(H,23,25)(H,24,26). The van der Waals surface area contributed by atoms with E-state index in [1.54, 1.807) is 6.92 Å². The average molecular weight is 353 g/mol. The number of aryl methyl sites for hydroxylation is 2. The zero-order valence-electron chi connectivity index (χ0n) is 15.9. The summed E-state index contributed by atoms with van der Waals surface area (Å²) < 4.78 is 0. The summed E-state index contributed by atoms with van der Waals surface area (Å²) >= 11 is 0. The van der Waals surface area contributed by atoms with E-state index in [-0.39, 0.29) is 18.4 Å². The minimum absolute atomic E-state index is 0.0510. The highest BCUT2D eigenvalue weighted by Gasteiger charge is 2.10. The van der Waals surface area contributed by atoms with Gasteiger partial charge in [-0.25, -0.2) is 0 Å². The van der Waals surface area contributed by atoms with Crippen molar-refractivity contribution in [2.45, 2.75) is 40.5 Å². The number of hydrogen-bond acceptors (Lipinski definition) is 3. The lowest BCUT2D eigenvalue weighted by Gasteiger charge is -2.16. The zero-order chi connectivity index (χ0) is 19.1. The topological polar surface area (TPSA) is 70.2 Å². The van der Waals surface area contributed by atoms with Crippen molar-refractivity contribution < 1.29 is 9.59 Å². The van der Waals surface area contributed by atoms with E-state index in [1.165, 1.54) is 5.56 Å². The van der Waals surface area contributed by atoms with Gasteiger partial charge in [-0.05, 0) is 49.1 Å². The normalized spacial score (nSPS) is 10.3. The first-order valence-electron chi connectivity index (χ1n) is 8.97. The van der Waals surface area contributed by atoms with Crippen LogP contribution in [-0.4, -0.2) is 18.4 Å².